The number of carbonyl (C=O) groups is 1. The first-order valence-electron chi connectivity index (χ1n) is 8.67. The first kappa shape index (κ1) is 17.7. The van der Waals surface area contributed by atoms with Gasteiger partial charge in [0.25, 0.3) is 0 Å². The van der Waals surface area contributed by atoms with Gasteiger partial charge in [0.15, 0.2) is 0 Å². The Hall–Kier alpha value is -2.15. The molecule has 1 unspecified atom stereocenters. The Kier molecular flexibility index (Phi) is 4.69. The molecule has 1 aromatic carbocycles. The summed E-state index contributed by atoms with van der Waals surface area (Å²) in [6.07, 6.45) is 0.511. The van der Waals surface area contributed by atoms with Crippen LogP contribution in [-0.4, -0.2) is 54.3 Å². The molecule has 138 valence electrons. The number of aliphatic hydroxyl groups is 1. The molecule has 0 aromatic heterocycles. The van der Waals surface area contributed by atoms with Gasteiger partial charge in [-0.3, -0.25) is 0 Å². The van der Waals surface area contributed by atoms with Gasteiger partial charge >= 0.3 is 6.09 Å². The molecule has 0 saturated carbocycles. The van der Waals surface area contributed by atoms with E-state index < -0.39 is 12.0 Å². The molecule has 1 atom stereocenters. The molecule has 1 saturated heterocycles. The number of rotatable bonds is 2. The zero-order chi connectivity index (χ0) is 18.2. The van der Waals surface area contributed by atoms with Gasteiger partial charge in [-0.2, -0.15) is 0 Å². The number of fused-ring (bicyclic) bond motifs is 1. The quantitative estimate of drug-likeness (QED) is 0.855. The number of amides is 1. The van der Waals surface area contributed by atoms with Crippen LogP contribution in [0.4, 0.5) is 16.2 Å². The predicted molar refractivity (Wildman–Crippen MR) is 95.9 cm³/mol. The van der Waals surface area contributed by atoms with Crippen molar-refractivity contribution in [2.75, 3.05) is 30.4 Å². The maximum Gasteiger partial charge on any atom is 0.410 e. The monoisotopic (exact) mass is 349 g/mol. The standard InChI is InChI=1S/C18H27N3O4/c1-18(2,3)25-17(23)20-9-7-12(8-10-20)21-15-11-13(24-4)5-6-14(15)19-16(21)22/h5-6,11-12,16,19,22H,7-10H2,1-4H3. The van der Waals surface area contributed by atoms with Crippen molar-refractivity contribution in [3.05, 3.63) is 18.2 Å². The third kappa shape index (κ3) is 3.76. The van der Waals surface area contributed by atoms with E-state index >= 15 is 0 Å². The van der Waals surface area contributed by atoms with Crippen LogP contribution in [0, 0.1) is 0 Å². The Morgan fingerprint density at radius 3 is 2.56 bits per heavy atom. The number of aliphatic hydroxyl groups excluding tert-OH is 1. The molecular weight excluding hydrogens is 322 g/mol. The van der Waals surface area contributed by atoms with Gasteiger partial charge in [-0.1, -0.05) is 0 Å². The van der Waals surface area contributed by atoms with Crippen molar-refractivity contribution in [3.63, 3.8) is 0 Å². The number of benzene rings is 1. The molecule has 0 radical (unpaired) electrons. The van der Waals surface area contributed by atoms with Crippen molar-refractivity contribution in [2.24, 2.45) is 0 Å². The molecular formula is C18H27N3O4. The molecule has 1 fully saturated rings. The van der Waals surface area contributed by atoms with Crippen molar-refractivity contribution < 1.29 is 19.4 Å². The topological polar surface area (TPSA) is 74.3 Å². The minimum Gasteiger partial charge on any atom is -0.497 e. The highest BCUT2D eigenvalue weighted by Crippen LogP contribution is 2.39. The number of ether oxygens (including phenoxy) is 2. The molecule has 1 amide bonds. The lowest BCUT2D eigenvalue weighted by atomic mass is 10.0. The number of piperidine rings is 1. The van der Waals surface area contributed by atoms with Crippen LogP contribution >= 0.6 is 0 Å². The Balaban J connectivity index is 1.67. The van der Waals surface area contributed by atoms with Gasteiger partial charge < -0.3 is 29.7 Å². The lowest BCUT2D eigenvalue weighted by Gasteiger charge is -2.39. The SMILES string of the molecule is COc1ccc2c(c1)N(C1CCN(C(=O)OC(C)(C)C)CC1)C(O)N2. The zero-order valence-corrected chi connectivity index (χ0v) is 15.3. The second-order valence-corrected chi connectivity index (χ2v) is 7.51. The summed E-state index contributed by atoms with van der Waals surface area (Å²) in [6.45, 7) is 6.83. The number of anilines is 2. The average Bonchev–Trinajstić information content (AvgIpc) is 2.88. The number of hydrogen-bond donors (Lipinski definition) is 2. The van der Waals surface area contributed by atoms with Crippen LogP contribution in [0.15, 0.2) is 18.2 Å². The number of nitrogens with one attached hydrogen (secondary N) is 1. The van der Waals surface area contributed by atoms with Crippen LogP contribution in [0.2, 0.25) is 0 Å². The number of likely N-dealkylation sites (tertiary alicyclic amines) is 1. The fraction of sp³-hybridized carbons (Fsp3) is 0.611. The highest BCUT2D eigenvalue weighted by atomic mass is 16.6. The maximum absolute atomic E-state index is 12.2. The summed E-state index contributed by atoms with van der Waals surface area (Å²) in [5.41, 5.74) is 1.34. The minimum absolute atomic E-state index is 0.148. The molecule has 2 aliphatic rings. The summed E-state index contributed by atoms with van der Waals surface area (Å²) in [5.74, 6) is 0.755. The van der Waals surface area contributed by atoms with Crippen LogP contribution in [0.5, 0.6) is 5.75 Å². The lowest BCUT2D eigenvalue weighted by Crippen LogP contribution is -2.51. The van der Waals surface area contributed by atoms with E-state index in [9.17, 15) is 9.90 Å². The normalized spacial score (nSPS) is 20.9. The van der Waals surface area contributed by atoms with Crippen LogP contribution in [0.1, 0.15) is 33.6 Å². The summed E-state index contributed by atoms with van der Waals surface area (Å²) in [6, 6.07) is 5.86. The molecule has 2 N–H and O–H groups in total. The molecule has 25 heavy (non-hydrogen) atoms. The third-order valence-corrected chi connectivity index (χ3v) is 4.54. The zero-order valence-electron chi connectivity index (χ0n) is 15.3. The highest BCUT2D eigenvalue weighted by molar-refractivity contribution is 5.77. The molecule has 0 spiro atoms. The Morgan fingerprint density at radius 1 is 1.28 bits per heavy atom. The predicted octanol–water partition coefficient (Wildman–Crippen LogP) is 2.60. The first-order valence-corrected chi connectivity index (χ1v) is 8.67. The van der Waals surface area contributed by atoms with Gasteiger partial charge in [-0.25, -0.2) is 4.79 Å². The van der Waals surface area contributed by atoms with Crippen molar-refractivity contribution >= 4 is 17.5 Å². The van der Waals surface area contributed by atoms with Crippen LogP contribution in [0.3, 0.4) is 0 Å². The molecule has 2 aliphatic heterocycles. The van der Waals surface area contributed by atoms with Crippen molar-refractivity contribution in [1.82, 2.24) is 4.90 Å². The average molecular weight is 349 g/mol. The fourth-order valence-corrected chi connectivity index (χ4v) is 3.36. The molecule has 2 heterocycles. The largest absolute Gasteiger partial charge is 0.497 e. The van der Waals surface area contributed by atoms with Gasteiger partial charge in [-0.15, -0.1) is 0 Å². The maximum atomic E-state index is 12.2. The van der Waals surface area contributed by atoms with Crippen molar-refractivity contribution in [1.29, 1.82) is 0 Å². The van der Waals surface area contributed by atoms with Crippen LogP contribution < -0.4 is 15.0 Å². The molecule has 0 bridgehead atoms. The fourth-order valence-electron chi connectivity index (χ4n) is 3.36. The van der Waals surface area contributed by atoms with Crippen LogP contribution in [0.25, 0.3) is 0 Å². The van der Waals surface area contributed by atoms with E-state index in [1.54, 1.807) is 12.0 Å². The number of nitrogens with zero attached hydrogens (tertiary/aromatic N) is 2. The smallest absolute Gasteiger partial charge is 0.410 e. The van der Waals surface area contributed by atoms with E-state index in [-0.39, 0.29) is 12.1 Å². The highest BCUT2D eigenvalue weighted by Gasteiger charge is 2.36. The van der Waals surface area contributed by atoms with Crippen molar-refractivity contribution in [3.8, 4) is 5.75 Å². The van der Waals surface area contributed by atoms with Gasteiger partial charge in [0.2, 0.25) is 6.35 Å². The van der Waals surface area contributed by atoms with E-state index in [0.717, 1.165) is 30.0 Å². The lowest BCUT2D eigenvalue weighted by molar-refractivity contribution is 0.0198. The Morgan fingerprint density at radius 2 is 1.96 bits per heavy atom. The Labute approximate surface area is 148 Å². The van der Waals surface area contributed by atoms with E-state index in [4.69, 9.17) is 9.47 Å². The second kappa shape index (κ2) is 6.63. The Bertz CT molecular complexity index is 636. The summed E-state index contributed by atoms with van der Waals surface area (Å²) in [4.78, 5) is 15.9. The van der Waals surface area contributed by atoms with Gasteiger partial charge in [0.05, 0.1) is 18.5 Å². The number of methoxy groups -OCH3 is 1. The van der Waals surface area contributed by atoms with Gasteiger partial charge in [-0.05, 0) is 45.7 Å². The molecule has 7 nitrogen and oxygen atoms in total. The summed E-state index contributed by atoms with van der Waals surface area (Å²) >= 11 is 0. The molecule has 1 aromatic rings. The van der Waals surface area contributed by atoms with Crippen LogP contribution in [-0.2, 0) is 4.74 Å². The minimum atomic E-state index is -0.764. The van der Waals surface area contributed by atoms with Gasteiger partial charge in [0.1, 0.15) is 11.4 Å². The number of hydrogen-bond acceptors (Lipinski definition) is 6. The first-order chi connectivity index (χ1) is 11.8. The van der Waals surface area contributed by atoms with E-state index in [2.05, 4.69) is 5.32 Å². The summed E-state index contributed by atoms with van der Waals surface area (Å²) in [5, 5.41) is 13.5. The third-order valence-electron chi connectivity index (χ3n) is 4.54. The van der Waals surface area contributed by atoms with E-state index in [1.807, 2.05) is 43.9 Å². The molecule has 7 heteroatoms. The number of carbonyl (C=O) groups excluding carboxylic acids is 1. The molecule has 3 rings (SSSR count). The summed E-state index contributed by atoms with van der Waals surface area (Å²) in [7, 11) is 1.63. The van der Waals surface area contributed by atoms with E-state index in [0.29, 0.717) is 13.1 Å². The van der Waals surface area contributed by atoms with Crippen molar-refractivity contribution in [2.45, 2.75) is 51.6 Å². The second-order valence-electron chi connectivity index (χ2n) is 7.51. The van der Waals surface area contributed by atoms with E-state index in [1.165, 1.54) is 0 Å². The molecule has 0 aliphatic carbocycles. The van der Waals surface area contributed by atoms with Gasteiger partial charge in [0, 0.05) is 25.2 Å². The summed E-state index contributed by atoms with van der Waals surface area (Å²) < 4.78 is 10.7.